The van der Waals surface area contributed by atoms with Crippen LogP contribution in [0.25, 0.3) is 0 Å². The topological polar surface area (TPSA) is 60.7 Å². The van der Waals surface area contributed by atoms with Crippen LogP contribution in [0.15, 0.2) is 88.3 Å². The lowest BCUT2D eigenvalue weighted by atomic mass is 10.2. The predicted molar refractivity (Wildman–Crippen MR) is 95.4 cm³/mol. The number of nitrogens with zero attached hydrogens (tertiary/aromatic N) is 2. The van der Waals surface area contributed by atoms with Crippen LogP contribution in [0.5, 0.6) is 0 Å². The van der Waals surface area contributed by atoms with Crippen molar-refractivity contribution in [1.29, 1.82) is 0 Å². The molecule has 0 unspecified atom stereocenters. The molecule has 1 aromatic heterocycles. The second-order valence-corrected chi connectivity index (χ2v) is 7.20. The first kappa shape index (κ1) is 17.3. The monoisotopic (exact) mass is 374 g/mol. The molecule has 1 heterocycles. The van der Waals surface area contributed by atoms with E-state index in [1.54, 1.807) is 54.7 Å². The molecule has 0 bridgehead atoms. The van der Waals surface area contributed by atoms with Crippen LogP contribution in [0, 0.1) is 0 Å². The number of hydrogen-bond acceptors (Lipinski definition) is 3. The van der Waals surface area contributed by atoms with Crippen molar-refractivity contribution in [2.24, 2.45) is 4.40 Å². The molecule has 0 amide bonds. The average Bonchev–Trinajstić information content (AvgIpc) is 2.63. The molecule has 0 aliphatic rings. The van der Waals surface area contributed by atoms with Crippen LogP contribution in [-0.2, 0) is 16.6 Å². The number of rotatable bonds is 5. The SMILES string of the molecule is O=S(=O)(/N=c1\ccccn1OCc1ccc(Cl)cc1)c1ccccc1. The summed E-state index contributed by atoms with van der Waals surface area (Å²) < 4.78 is 30.0. The van der Waals surface area contributed by atoms with Gasteiger partial charge in [0.1, 0.15) is 6.61 Å². The molecule has 0 radical (unpaired) electrons. The molecular weight excluding hydrogens is 360 g/mol. The van der Waals surface area contributed by atoms with Gasteiger partial charge in [-0.2, -0.15) is 13.1 Å². The standard InChI is InChI=1S/C18H15ClN2O3S/c19-16-11-9-15(10-12-16)14-24-21-13-5-4-8-18(21)20-25(22,23)17-6-2-1-3-7-17/h1-13H,14H2/b20-18+. The molecule has 0 atom stereocenters. The maximum absolute atomic E-state index is 12.4. The highest BCUT2D eigenvalue weighted by Gasteiger charge is 2.11. The van der Waals surface area contributed by atoms with E-state index in [-0.39, 0.29) is 17.0 Å². The summed E-state index contributed by atoms with van der Waals surface area (Å²) in [5, 5.41) is 0.640. The van der Waals surface area contributed by atoms with Crippen molar-refractivity contribution < 1.29 is 13.3 Å². The van der Waals surface area contributed by atoms with E-state index in [1.807, 2.05) is 12.1 Å². The first-order valence-corrected chi connectivity index (χ1v) is 9.28. The van der Waals surface area contributed by atoms with Gasteiger partial charge < -0.3 is 4.84 Å². The lowest BCUT2D eigenvalue weighted by Gasteiger charge is -2.09. The van der Waals surface area contributed by atoms with E-state index in [9.17, 15) is 8.42 Å². The Morgan fingerprint density at radius 3 is 2.32 bits per heavy atom. The van der Waals surface area contributed by atoms with Crippen molar-refractivity contribution >= 4 is 21.6 Å². The highest BCUT2D eigenvalue weighted by Crippen LogP contribution is 2.11. The van der Waals surface area contributed by atoms with E-state index < -0.39 is 10.0 Å². The summed E-state index contributed by atoms with van der Waals surface area (Å²) in [6.45, 7) is 0.250. The van der Waals surface area contributed by atoms with Gasteiger partial charge in [0.05, 0.1) is 4.90 Å². The van der Waals surface area contributed by atoms with Crippen LogP contribution in [0.4, 0.5) is 0 Å². The van der Waals surface area contributed by atoms with Crippen molar-refractivity contribution in [3.63, 3.8) is 0 Å². The van der Waals surface area contributed by atoms with E-state index in [0.717, 1.165) is 5.56 Å². The predicted octanol–water partition coefficient (Wildman–Crippen LogP) is 3.06. The Kier molecular flexibility index (Phi) is 5.21. The average molecular weight is 375 g/mol. The molecule has 0 saturated carbocycles. The number of halogens is 1. The van der Waals surface area contributed by atoms with Crippen LogP contribution in [0.3, 0.4) is 0 Å². The van der Waals surface area contributed by atoms with Gasteiger partial charge in [-0.1, -0.05) is 48.0 Å². The third-order valence-electron chi connectivity index (χ3n) is 3.34. The van der Waals surface area contributed by atoms with Gasteiger partial charge in [0.15, 0.2) is 5.49 Å². The van der Waals surface area contributed by atoms with E-state index in [4.69, 9.17) is 16.4 Å². The number of sulfonamides is 1. The minimum absolute atomic E-state index is 0.128. The Hall–Kier alpha value is -2.57. The fourth-order valence-electron chi connectivity index (χ4n) is 2.09. The highest BCUT2D eigenvalue weighted by molar-refractivity contribution is 7.90. The zero-order valence-electron chi connectivity index (χ0n) is 13.1. The molecule has 3 rings (SSSR count). The fourth-order valence-corrected chi connectivity index (χ4v) is 3.21. The largest absolute Gasteiger partial charge is 0.408 e. The second kappa shape index (κ2) is 7.55. The van der Waals surface area contributed by atoms with Crippen LogP contribution >= 0.6 is 11.6 Å². The van der Waals surface area contributed by atoms with E-state index >= 15 is 0 Å². The first-order chi connectivity index (χ1) is 12.0. The van der Waals surface area contributed by atoms with E-state index in [2.05, 4.69) is 4.40 Å². The molecule has 0 saturated heterocycles. The summed E-state index contributed by atoms with van der Waals surface area (Å²) in [6, 6.07) is 20.3. The minimum atomic E-state index is -3.82. The van der Waals surface area contributed by atoms with Gasteiger partial charge in [0.2, 0.25) is 0 Å². The molecule has 0 fully saturated rings. The van der Waals surface area contributed by atoms with Crippen molar-refractivity contribution in [3.8, 4) is 0 Å². The van der Waals surface area contributed by atoms with Gasteiger partial charge in [-0.25, -0.2) is 0 Å². The molecule has 0 spiro atoms. The van der Waals surface area contributed by atoms with Crippen molar-refractivity contribution in [2.45, 2.75) is 11.5 Å². The molecule has 5 nitrogen and oxygen atoms in total. The number of aromatic nitrogens is 1. The van der Waals surface area contributed by atoms with Gasteiger partial charge >= 0.3 is 0 Å². The van der Waals surface area contributed by atoms with E-state index in [0.29, 0.717) is 5.02 Å². The smallest absolute Gasteiger partial charge is 0.284 e. The Morgan fingerprint density at radius 2 is 1.60 bits per heavy atom. The summed E-state index contributed by atoms with van der Waals surface area (Å²) in [6.07, 6.45) is 1.61. The molecule has 25 heavy (non-hydrogen) atoms. The summed E-state index contributed by atoms with van der Waals surface area (Å²) >= 11 is 5.86. The van der Waals surface area contributed by atoms with Gasteiger partial charge in [0.25, 0.3) is 10.0 Å². The summed E-state index contributed by atoms with van der Waals surface area (Å²) in [7, 11) is -3.82. The quantitative estimate of drug-likeness (QED) is 0.689. The third-order valence-corrected chi connectivity index (χ3v) is 4.89. The van der Waals surface area contributed by atoms with Crippen LogP contribution in [0.2, 0.25) is 5.02 Å². The van der Waals surface area contributed by atoms with Gasteiger partial charge in [0, 0.05) is 11.2 Å². The molecule has 7 heteroatoms. The summed E-state index contributed by atoms with van der Waals surface area (Å²) in [5.41, 5.74) is 1.08. The summed E-state index contributed by atoms with van der Waals surface area (Å²) in [4.78, 5) is 5.79. The molecule has 0 aliphatic heterocycles. The molecule has 3 aromatic rings. The van der Waals surface area contributed by atoms with Gasteiger partial charge in [-0.05, 0) is 42.0 Å². The van der Waals surface area contributed by atoms with Crippen molar-refractivity contribution in [2.75, 3.05) is 0 Å². The number of benzene rings is 2. The van der Waals surface area contributed by atoms with Crippen LogP contribution in [0.1, 0.15) is 5.56 Å². The normalized spacial score (nSPS) is 12.1. The third kappa shape index (κ3) is 4.49. The minimum Gasteiger partial charge on any atom is -0.408 e. The second-order valence-electron chi connectivity index (χ2n) is 5.16. The maximum Gasteiger partial charge on any atom is 0.284 e. The fraction of sp³-hybridized carbons (Fsp3) is 0.0556. The van der Waals surface area contributed by atoms with Crippen LogP contribution in [-0.4, -0.2) is 13.1 Å². The Balaban J connectivity index is 1.89. The molecule has 0 N–H and O–H groups in total. The Labute approximate surface area is 150 Å². The van der Waals surface area contributed by atoms with E-state index in [1.165, 1.54) is 16.9 Å². The number of hydrogen-bond donors (Lipinski definition) is 0. The van der Waals surface area contributed by atoms with Crippen molar-refractivity contribution in [1.82, 2.24) is 4.73 Å². The lowest BCUT2D eigenvalue weighted by Crippen LogP contribution is -2.27. The number of pyridine rings is 1. The van der Waals surface area contributed by atoms with Gasteiger partial charge in [-0.15, -0.1) is 4.40 Å². The zero-order chi connectivity index (χ0) is 17.7. The maximum atomic E-state index is 12.4. The lowest BCUT2D eigenvalue weighted by molar-refractivity contribution is 0.0877. The van der Waals surface area contributed by atoms with Gasteiger partial charge in [-0.3, -0.25) is 0 Å². The molecular formula is C18H15ClN2O3S. The molecule has 0 aliphatic carbocycles. The molecule has 128 valence electrons. The molecule has 2 aromatic carbocycles. The van der Waals surface area contributed by atoms with Crippen LogP contribution < -0.4 is 10.3 Å². The Morgan fingerprint density at radius 1 is 0.920 bits per heavy atom. The van der Waals surface area contributed by atoms with Crippen molar-refractivity contribution in [3.05, 3.63) is 95.1 Å². The first-order valence-electron chi connectivity index (χ1n) is 7.46. The Bertz CT molecular complexity index is 1010. The zero-order valence-corrected chi connectivity index (χ0v) is 14.7. The highest BCUT2D eigenvalue weighted by atomic mass is 35.5. The summed E-state index contributed by atoms with van der Waals surface area (Å²) in [5.74, 6) is 0.